The van der Waals surface area contributed by atoms with Crippen LogP contribution in [0.25, 0.3) is 0 Å². The molecule has 2 atom stereocenters. The highest BCUT2D eigenvalue weighted by Crippen LogP contribution is 2.45. The molecule has 1 aromatic heterocycles. The molecule has 0 saturated carbocycles. The quantitative estimate of drug-likeness (QED) is 0.846. The van der Waals surface area contributed by atoms with Gasteiger partial charge in [-0.05, 0) is 0 Å². The van der Waals surface area contributed by atoms with Crippen molar-refractivity contribution in [3.8, 4) is 0 Å². The Kier molecular flexibility index (Phi) is 2.93. The second-order valence-corrected chi connectivity index (χ2v) is 5.95. The summed E-state index contributed by atoms with van der Waals surface area (Å²) < 4.78 is 0. The zero-order valence-corrected chi connectivity index (χ0v) is 12.2. The highest BCUT2D eigenvalue weighted by atomic mass is 32.1. The van der Waals surface area contributed by atoms with E-state index in [0.717, 1.165) is 29.5 Å². The van der Waals surface area contributed by atoms with Crippen molar-refractivity contribution in [1.29, 1.82) is 0 Å². The zero-order chi connectivity index (χ0) is 14.4. The lowest BCUT2D eigenvalue weighted by Crippen LogP contribution is -2.42. The second kappa shape index (κ2) is 4.81. The van der Waals surface area contributed by atoms with Crippen LogP contribution in [0.1, 0.15) is 22.7 Å². The van der Waals surface area contributed by atoms with Gasteiger partial charge in [0.1, 0.15) is 17.9 Å². The van der Waals surface area contributed by atoms with E-state index in [0.29, 0.717) is 13.2 Å². The molecule has 110 valence electrons. The standard InChI is InChI=1S/C13H15N5O2S/c1-2-5-20-18-8-6-17(13(18)19)10(12-14-3-4-15-12)9-11(8)21-7-16-9/h2,7-8,10H,1,3-6H2,(H,14,15). The maximum Gasteiger partial charge on any atom is 0.345 e. The van der Waals surface area contributed by atoms with Crippen molar-refractivity contribution in [3.63, 3.8) is 0 Å². The Morgan fingerprint density at radius 3 is 3.29 bits per heavy atom. The first-order valence-electron chi connectivity index (χ1n) is 6.86. The van der Waals surface area contributed by atoms with Crippen LogP contribution in [0.4, 0.5) is 4.79 Å². The number of carbonyl (C=O) groups is 1. The average molecular weight is 305 g/mol. The fraction of sp³-hybridized carbons (Fsp3) is 0.462. The van der Waals surface area contributed by atoms with Gasteiger partial charge in [0, 0.05) is 6.54 Å². The Bertz CT molecular complexity index is 628. The first-order chi connectivity index (χ1) is 10.3. The van der Waals surface area contributed by atoms with Crippen LogP contribution in [0, 0.1) is 0 Å². The number of hydrogen-bond acceptors (Lipinski definition) is 6. The van der Waals surface area contributed by atoms with E-state index in [9.17, 15) is 4.79 Å². The van der Waals surface area contributed by atoms with Gasteiger partial charge in [-0.15, -0.1) is 17.9 Å². The van der Waals surface area contributed by atoms with Crippen LogP contribution in [0.3, 0.4) is 0 Å². The fourth-order valence-corrected chi connectivity index (χ4v) is 3.92. The summed E-state index contributed by atoms with van der Waals surface area (Å²) in [6.45, 7) is 6.11. The van der Waals surface area contributed by atoms with Gasteiger partial charge < -0.3 is 10.2 Å². The van der Waals surface area contributed by atoms with Crippen LogP contribution >= 0.6 is 11.3 Å². The number of nitrogens with one attached hydrogen (secondary N) is 1. The molecule has 4 rings (SSSR count). The molecule has 1 saturated heterocycles. The van der Waals surface area contributed by atoms with Crippen molar-refractivity contribution < 1.29 is 9.63 Å². The molecule has 1 N–H and O–H groups in total. The first kappa shape index (κ1) is 12.8. The molecule has 0 radical (unpaired) electrons. The van der Waals surface area contributed by atoms with Crippen molar-refractivity contribution in [2.24, 2.45) is 4.99 Å². The summed E-state index contributed by atoms with van der Waals surface area (Å²) in [5.41, 5.74) is 2.74. The van der Waals surface area contributed by atoms with Crippen molar-refractivity contribution in [2.75, 3.05) is 26.2 Å². The number of hydroxylamine groups is 2. The maximum atomic E-state index is 12.6. The van der Waals surface area contributed by atoms with Crippen molar-refractivity contribution >= 4 is 23.2 Å². The number of aliphatic imine (C=N–C) groups is 1. The van der Waals surface area contributed by atoms with E-state index in [1.807, 2.05) is 5.51 Å². The van der Waals surface area contributed by atoms with Gasteiger partial charge >= 0.3 is 6.03 Å². The molecule has 0 aliphatic carbocycles. The highest BCUT2D eigenvalue weighted by Gasteiger charge is 2.51. The van der Waals surface area contributed by atoms with Gasteiger partial charge in [-0.1, -0.05) is 6.08 Å². The van der Waals surface area contributed by atoms with Gasteiger partial charge in [0.2, 0.25) is 0 Å². The van der Waals surface area contributed by atoms with E-state index >= 15 is 0 Å². The lowest BCUT2D eigenvalue weighted by Gasteiger charge is -2.29. The van der Waals surface area contributed by atoms with E-state index in [-0.39, 0.29) is 18.1 Å². The number of rotatable bonds is 4. The third kappa shape index (κ3) is 1.79. The van der Waals surface area contributed by atoms with Gasteiger partial charge in [0.05, 0.1) is 35.8 Å². The maximum absolute atomic E-state index is 12.6. The molecule has 2 unspecified atom stereocenters. The van der Waals surface area contributed by atoms with Gasteiger partial charge in [-0.2, -0.15) is 5.06 Å². The lowest BCUT2D eigenvalue weighted by atomic mass is 10.0. The largest absolute Gasteiger partial charge is 0.370 e. The SMILES string of the molecule is C=CCON1C(=O)N2CC1c1scnc1C2C1=NCCN1. The molecule has 2 amide bonds. The van der Waals surface area contributed by atoms with Crippen LogP contribution in [0.15, 0.2) is 23.2 Å². The van der Waals surface area contributed by atoms with E-state index in [4.69, 9.17) is 4.84 Å². The third-order valence-corrected chi connectivity index (χ3v) is 4.82. The molecular weight excluding hydrogens is 290 g/mol. The van der Waals surface area contributed by atoms with Gasteiger partial charge in [-0.3, -0.25) is 9.83 Å². The first-order valence-corrected chi connectivity index (χ1v) is 7.74. The minimum atomic E-state index is -0.213. The summed E-state index contributed by atoms with van der Waals surface area (Å²) >= 11 is 1.57. The number of amides is 2. The third-order valence-electron chi connectivity index (χ3n) is 3.87. The molecule has 8 heteroatoms. The molecular formula is C13H15N5O2S. The number of carbonyl (C=O) groups excluding carboxylic acids is 1. The molecule has 7 nitrogen and oxygen atoms in total. The number of hydrogen-bond donors (Lipinski definition) is 1. The van der Waals surface area contributed by atoms with E-state index in [1.54, 1.807) is 22.3 Å². The van der Waals surface area contributed by atoms with Gasteiger partial charge in [0.15, 0.2) is 0 Å². The lowest BCUT2D eigenvalue weighted by molar-refractivity contribution is -0.118. The second-order valence-electron chi connectivity index (χ2n) is 5.06. The number of fused-ring (bicyclic) bond motifs is 4. The number of urea groups is 1. The van der Waals surface area contributed by atoms with Crippen LogP contribution < -0.4 is 5.32 Å². The smallest absolute Gasteiger partial charge is 0.345 e. The summed E-state index contributed by atoms with van der Waals surface area (Å²) in [5.74, 6) is 0.833. The molecule has 1 aromatic rings. The zero-order valence-electron chi connectivity index (χ0n) is 11.4. The average Bonchev–Trinajstić information content (AvgIpc) is 3.21. The Labute approximate surface area is 125 Å². The van der Waals surface area contributed by atoms with Crippen LogP contribution in [-0.2, 0) is 4.84 Å². The summed E-state index contributed by atoms with van der Waals surface area (Å²) in [6.07, 6.45) is 1.64. The minimum absolute atomic E-state index is 0.0850. The Morgan fingerprint density at radius 1 is 1.62 bits per heavy atom. The fourth-order valence-electron chi connectivity index (χ4n) is 3.02. The molecule has 2 bridgehead atoms. The predicted molar refractivity (Wildman–Crippen MR) is 78.0 cm³/mol. The van der Waals surface area contributed by atoms with Gasteiger partial charge in [0.25, 0.3) is 0 Å². The van der Waals surface area contributed by atoms with Crippen LogP contribution in [-0.4, -0.2) is 53.1 Å². The molecule has 3 aliphatic rings. The Morgan fingerprint density at radius 2 is 2.52 bits per heavy atom. The minimum Gasteiger partial charge on any atom is -0.370 e. The summed E-state index contributed by atoms with van der Waals surface area (Å²) in [5, 5.41) is 4.72. The molecule has 21 heavy (non-hydrogen) atoms. The van der Waals surface area contributed by atoms with E-state index in [2.05, 4.69) is 21.9 Å². The van der Waals surface area contributed by atoms with Crippen molar-refractivity contribution in [1.82, 2.24) is 20.3 Å². The summed E-state index contributed by atoms with van der Waals surface area (Å²) in [4.78, 5) is 30.0. The molecule has 0 aromatic carbocycles. The molecule has 0 spiro atoms. The normalized spacial score (nSPS) is 26.7. The topological polar surface area (TPSA) is 70.1 Å². The van der Waals surface area contributed by atoms with Crippen molar-refractivity contribution in [3.05, 3.63) is 28.7 Å². The monoisotopic (exact) mass is 305 g/mol. The number of nitrogens with zero attached hydrogens (tertiary/aromatic N) is 4. The highest BCUT2D eigenvalue weighted by molar-refractivity contribution is 7.09. The van der Waals surface area contributed by atoms with E-state index in [1.165, 1.54) is 5.06 Å². The number of thiazole rings is 1. The van der Waals surface area contributed by atoms with Gasteiger partial charge in [-0.25, -0.2) is 9.78 Å². The molecule has 1 fully saturated rings. The van der Waals surface area contributed by atoms with E-state index < -0.39 is 0 Å². The summed E-state index contributed by atoms with van der Waals surface area (Å²) in [6, 6.07) is -0.429. The molecule has 4 heterocycles. The Hall–Kier alpha value is -1.93. The van der Waals surface area contributed by atoms with Crippen LogP contribution in [0.2, 0.25) is 0 Å². The van der Waals surface area contributed by atoms with Crippen LogP contribution in [0.5, 0.6) is 0 Å². The Balaban J connectivity index is 1.74. The molecule has 3 aliphatic heterocycles. The number of aromatic nitrogens is 1. The number of amidine groups is 1. The van der Waals surface area contributed by atoms with Crippen molar-refractivity contribution in [2.45, 2.75) is 12.1 Å². The predicted octanol–water partition coefficient (Wildman–Crippen LogP) is 1.10. The summed E-state index contributed by atoms with van der Waals surface area (Å²) in [7, 11) is 0.